The molecule has 1 saturated heterocycles. The van der Waals surface area contributed by atoms with Gasteiger partial charge in [-0.05, 0) is 18.2 Å². The maximum absolute atomic E-state index is 12.2. The van der Waals surface area contributed by atoms with Crippen LogP contribution in [0.3, 0.4) is 0 Å². The monoisotopic (exact) mass is 316 g/mol. The van der Waals surface area contributed by atoms with Gasteiger partial charge in [-0.15, -0.1) is 0 Å². The molecule has 1 aromatic carbocycles. The molecule has 2 heterocycles. The third-order valence-electron chi connectivity index (χ3n) is 3.81. The molecule has 9 nitrogen and oxygen atoms in total. The summed E-state index contributed by atoms with van der Waals surface area (Å²) < 4.78 is 0. The van der Waals surface area contributed by atoms with Gasteiger partial charge in [-0.2, -0.15) is 15.0 Å². The van der Waals surface area contributed by atoms with Crippen LogP contribution in [0, 0.1) is 0 Å². The number of fused-ring (bicyclic) bond motifs is 1. The first kappa shape index (κ1) is 14.9. The molecule has 1 N–H and O–H groups in total. The zero-order valence-corrected chi connectivity index (χ0v) is 13.0. The van der Waals surface area contributed by atoms with E-state index in [0.29, 0.717) is 11.2 Å². The number of amides is 4. The van der Waals surface area contributed by atoms with Crippen LogP contribution < -0.4 is 5.32 Å². The fourth-order valence-electron chi connectivity index (χ4n) is 2.57. The first-order valence-corrected chi connectivity index (χ1v) is 7.02. The van der Waals surface area contributed by atoms with E-state index in [-0.39, 0.29) is 18.2 Å². The minimum Gasteiger partial charge on any atom is -0.326 e. The topological polar surface area (TPSA) is 100 Å². The molecule has 0 spiro atoms. The molecule has 4 amide bonds. The fraction of sp³-hybridized carbons (Fsp3) is 0.357. The van der Waals surface area contributed by atoms with Crippen molar-refractivity contribution in [3.05, 3.63) is 18.2 Å². The molecule has 3 rings (SSSR count). The summed E-state index contributed by atoms with van der Waals surface area (Å²) in [6, 6.07) is 3.99. The summed E-state index contributed by atoms with van der Waals surface area (Å²) in [6.45, 7) is 0. The molecule has 9 heteroatoms. The van der Waals surface area contributed by atoms with Crippen LogP contribution in [0.2, 0.25) is 0 Å². The van der Waals surface area contributed by atoms with Crippen LogP contribution in [0.4, 0.5) is 10.5 Å². The molecule has 120 valence electrons. The Labute approximate surface area is 131 Å². The standard InChI is InChI=1S/C14H16N6O3/c1-18-11(13(22)19(2)14(18)23)7-12(21)15-8-4-5-9-10(6-8)17-20(3)16-9/h4-6,11H,7H2,1-3H3,(H,15,21). The smallest absolute Gasteiger partial charge is 0.326 e. The van der Waals surface area contributed by atoms with Gasteiger partial charge in [-0.1, -0.05) is 0 Å². The number of aromatic nitrogens is 3. The lowest BCUT2D eigenvalue weighted by Gasteiger charge is -2.15. The van der Waals surface area contributed by atoms with Gasteiger partial charge in [0.1, 0.15) is 17.1 Å². The lowest BCUT2D eigenvalue weighted by molar-refractivity contribution is -0.129. The molecule has 1 aliphatic rings. The van der Waals surface area contributed by atoms with Gasteiger partial charge in [0.05, 0.1) is 6.42 Å². The van der Waals surface area contributed by atoms with Crippen molar-refractivity contribution < 1.29 is 14.4 Å². The number of likely N-dealkylation sites (N-methyl/N-ethyl adjacent to an activating group) is 2. The molecule has 1 aliphatic heterocycles. The average molecular weight is 316 g/mol. The zero-order chi connectivity index (χ0) is 16.7. The predicted octanol–water partition coefficient (Wildman–Crippen LogP) is 0.189. The molecule has 1 unspecified atom stereocenters. The molecular weight excluding hydrogens is 300 g/mol. The maximum Gasteiger partial charge on any atom is 0.326 e. The van der Waals surface area contributed by atoms with E-state index < -0.39 is 12.1 Å². The molecule has 1 atom stereocenters. The quantitative estimate of drug-likeness (QED) is 0.815. The van der Waals surface area contributed by atoms with Crippen molar-refractivity contribution in [3.63, 3.8) is 0 Å². The van der Waals surface area contributed by atoms with E-state index in [2.05, 4.69) is 15.5 Å². The maximum atomic E-state index is 12.2. The Kier molecular flexibility index (Phi) is 3.47. The van der Waals surface area contributed by atoms with Gasteiger partial charge in [0, 0.05) is 26.8 Å². The lowest BCUT2D eigenvalue weighted by atomic mass is 10.1. The van der Waals surface area contributed by atoms with Gasteiger partial charge < -0.3 is 10.2 Å². The number of aryl methyl sites for hydroxylation is 1. The van der Waals surface area contributed by atoms with E-state index in [9.17, 15) is 14.4 Å². The van der Waals surface area contributed by atoms with Gasteiger partial charge in [-0.25, -0.2) is 4.79 Å². The van der Waals surface area contributed by atoms with Gasteiger partial charge >= 0.3 is 6.03 Å². The van der Waals surface area contributed by atoms with Crippen molar-refractivity contribution in [1.29, 1.82) is 0 Å². The van der Waals surface area contributed by atoms with E-state index in [4.69, 9.17) is 0 Å². The summed E-state index contributed by atoms with van der Waals surface area (Å²) >= 11 is 0. The third-order valence-corrected chi connectivity index (χ3v) is 3.81. The number of hydrogen-bond acceptors (Lipinski definition) is 5. The summed E-state index contributed by atoms with van der Waals surface area (Å²) in [5, 5.41) is 11.0. The molecule has 0 saturated carbocycles. The lowest BCUT2D eigenvalue weighted by Crippen LogP contribution is -2.35. The second kappa shape index (κ2) is 5.34. The first-order chi connectivity index (χ1) is 10.9. The van der Waals surface area contributed by atoms with Crippen molar-refractivity contribution in [1.82, 2.24) is 24.8 Å². The van der Waals surface area contributed by atoms with Crippen LogP contribution >= 0.6 is 0 Å². The molecule has 0 bridgehead atoms. The van der Waals surface area contributed by atoms with Crippen molar-refractivity contribution in [2.24, 2.45) is 7.05 Å². The van der Waals surface area contributed by atoms with Crippen LogP contribution in [-0.2, 0) is 16.6 Å². The second-order valence-electron chi connectivity index (χ2n) is 5.45. The number of nitrogens with one attached hydrogen (secondary N) is 1. The van der Waals surface area contributed by atoms with Crippen LogP contribution in [0.1, 0.15) is 6.42 Å². The number of rotatable bonds is 3. The minimum atomic E-state index is -0.771. The fourth-order valence-corrected chi connectivity index (χ4v) is 2.57. The summed E-state index contributed by atoms with van der Waals surface area (Å²) in [5.74, 6) is -0.724. The van der Waals surface area contributed by atoms with Gasteiger partial charge in [0.25, 0.3) is 5.91 Å². The Bertz CT molecular complexity index is 814. The first-order valence-electron chi connectivity index (χ1n) is 7.02. The highest BCUT2D eigenvalue weighted by atomic mass is 16.2. The normalized spacial score (nSPS) is 18.1. The summed E-state index contributed by atoms with van der Waals surface area (Å²) in [7, 11) is 4.63. The van der Waals surface area contributed by atoms with Crippen molar-refractivity contribution in [3.8, 4) is 0 Å². The SMILES string of the molecule is CN1C(=O)C(CC(=O)Nc2ccc3nn(C)nc3c2)N(C)C1=O. The van der Waals surface area contributed by atoms with Crippen molar-refractivity contribution >= 4 is 34.6 Å². The third kappa shape index (κ3) is 2.60. The number of anilines is 1. The molecular formula is C14H16N6O3. The van der Waals surface area contributed by atoms with E-state index in [1.807, 2.05) is 0 Å². The van der Waals surface area contributed by atoms with Crippen LogP contribution in [0.15, 0.2) is 18.2 Å². The summed E-state index contributed by atoms with van der Waals surface area (Å²) in [6.07, 6.45) is -0.0933. The molecule has 0 aliphatic carbocycles. The van der Waals surface area contributed by atoms with Crippen molar-refractivity contribution in [2.45, 2.75) is 12.5 Å². The van der Waals surface area contributed by atoms with E-state index in [1.165, 1.54) is 23.8 Å². The van der Waals surface area contributed by atoms with E-state index in [1.54, 1.807) is 25.2 Å². The minimum absolute atomic E-state index is 0.0933. The number of imide groups is 1. The summed E-state index contributed by atoms with van der Waals surface area (Å²) in [4.78, 5) is 39.5. The molecule has 2 aromatic rings. The Balaban J connectivity index is 1.71. The number of nitrogens with zero attached hydrogens (tertiary/aromatic N) is 5. The zero-order valence-electron chi connectivity index (χ0n) is 13.0. The Morgan fingerprint density at radius 3 is 2.52 bits per heavy atom. The molecule has 0 radical (unpaired) electrons. The largest absolute Gasteiger partial charge is 0.326 e. The van der Waals surface area contributed by atoms with Crippen LogP contribution in [-0.4, -0.2) is 62.8 Å². The van der Waals surface area contributed by atoms with E-state index in [0.717, 1.165) is 10.4 Å². The van der Waals surface area contributed by atoms with Gasteiger partial charge in [-0.3, -0.25) is 14.5 Å². The molecule has 1 fully saturated rings. The highest BCUT2D eigenvalue weighted by Gasteiger charge is 2.41. The number of hydrogen-bond donors (Lipinski definition) is 1. The van der Waals surface area contributed by atoms with Gasteiger partial charge in [0.15, 0.2) is 0 Å². The highest BCUT2D eigenvalue weighted by molar-refractivity contribution is 6.06. The van der Waals surface area contributed by atoms with Crippen molar-refractivity contribution in [2.75, 3.05) is 19.4 Å². The Morgan fingerprint density at radius 2 is 1.87 bits per heavy atom. The second-order valence-corrected chi connectivity index (χ2v) is 5.45. The van der Waals surface area contributed by atoms with Gasteiger partial charge in [0.2, 0.25) is 5.91 Å². The average Bonchev–Trinajstić information content (AvgIpc) is 2.95. The number of carbonyl (C=O) groups excluding carboxylic acids is 3. The number of urea groups is 1. The van der Waals surface area contributed by atoms with E-state index >= 15 is 0 Å². The molecule has 1 aromatic heterocycles. The predicted molar refractivity (Wildman–Crippen MR) is 81.5 cm³/mol. The van der Waals surface area contributed by atoms with Crippen LogP contribution in [0.5, 0.6) is 0 Å². The number of benzene rings is 1. The summed E-state index contributed by atoms with van der Waals surface area (Å²) in [5.41, 5.74) is 1.95. The molecule has 23 heavy (non-hydrogen) atoms. The Morgan fingerprint density at radius 1 is 1.17 bits per heavy atom. The number of carbonyl (C=O) groups is 3. The van der Waals surface area contributed by atoms with Crippen LogP contribution in [0.25, 0.3) is 11.0 Å². The Hall–Kier alpha value is -2.97. The highest BCUT2D eigenvalue weighted by Crippen LogP contribution is 2.19.